The highest BCUT2D eigenvalue weighted by Crippen LogP contribution is 2.37. The van der Waals surface area contributed by atoms with Gasteiger partial charge in [0.15, 0.2) is 5.56 Å². The summed E-state index contributed by atoms with van der Waals surface area (Å²) in [4.78, 5) is 20.2. The molecule has 70 valence electrons. The summed E-state index contributed by atoms with van der Waals surface area (Å²) < 4.78 is 4.65. The molecule has 1 N–H and O–H groups in total. The van der Waals surface area contributed by atoms with Gasteiger partial charge in [-0.15, -0.1) is 0 Å². The zero-order valence-corrected chi connectivity index (χ0v) is 7.33. The second-order valence-electron chi connectivity index (χ2n) is 2.05. The molecular weight excluding hydrogens is 198 g/mol. The van der Waals surface area contributed by atoms with Crippen LogP contribution in [0.15, 0.2) is 5.38 Å². The Hall–Kier alpha value is -1.63. The van der Waals surface area contributed by atoms with Crippen molar-refractivity contribution >= 4 is 23.0 Å². The maximum atomic E-state index is 10.5. The molecule has 13 heavy (non-hydrogen) atoms. The number of aromatic carboxylic acids is 1. The van der Waals surface area contributed by atoms with Crippen molar-refractivity contribution in [1.29, 1.82) is 0 Å². The maximum Gasteiger partial charge on any atom is 0.343 e. The van der Waals surface area contributed by atoms with Gasteiger partial charge in [-0.3, -0.25) is 10.1 Å². The monoisotopic (exact) mass is 203 g/mol. The molecule has 1 aromatic heterocycles. The molecule has 0 fully saturated rings. The van der Waals surface area contributed by atoms with E-state index in [9.17, 15) is 14.9 Å². The van der Waals surface area contributed by atoms with E-state index < -0.39 is 16.6 Å². The molecule has 0 saturated carbocycles. The van der Waals surface area contributed by atoms with E-state index in [0.29, 0.717) is 0 Å². The molecule has 1 heterocycles. The topological polar surface area (TPSA) is 89.7 Å². The number of nitro groups is 1. The van der Waals surface area contributed by atoms with Crippen LogP contribution in [-0.4, -0.2) is 23.1 Å². The number of nitrogens with zero attached hydrogens (tertiary/aromatic N) is 1. The van der Waals surface area contributed by atoms with Crippen molar-refractivity contribution in [2.45, 2.75) is 0 Å². The van der Waals surface area contributed by atoms with Gasteiger partial charge in [0.25, 0.3) is 5.06 Å². The van der Waals surface area contributed by atoms with Gasteiger partial charge >= 0.3 is 11.7 Å². The molecule has 0 bridgehead atoms. The third kappa shape index (κ3) is 1.59. The minimum atomic E-state index is -1.33. The number of methoxy groups -OCH3 is 1. The average Bonchev–Trinajstić information content (AvgIpc) is 2.46. The first-order valence-corrected chi connectivity index (χ1v) is 3.99. The summed E-state index contributed by atoms with van der Waals surface area (Å²) in [6, 6.07) is 0. The van der Waals surface area contributed by atoms with E-state index in [1.165, 1.54) is 12.5 Å². The minimum absolute atomic E-state index is 0.00222. The summed E-state index contributed by atoms with van der Waals surface area (Å²) in [5.41, 5.74) is -0.827. The lowest BCUT2D eigenvalue weighted by Gasteiger charge is -1.94. The van der Waals surface area contributed by atoms with E-state index in [1.54, 1.807) is 0 Å². The molecule has 0 unspecified atom stereocenters. The van der Waals surface area contributed by atoms with Crippen molar-refractivity contribution in [2.24, 2.45) is 0 Å². The number of hydrogen-bond donors (Lipinski definition) is 1. The largest absolute Gasteiger partial charge is 0.482 e. The smallest absolute Gasteiger partial charge is 0.343 e. The van der Waals surface area contributed by atoms with Gasteiger partial charge in [-0.1, -0.05) is 11.3 Å². The normalized spacial score (nSPS) is 9.62. The van der Waals surface area contributed by atoms with Crippen LogP contribution in [0.3, 0.4) is 0 Å². The maximum absolute atomic E-state index is 10.5. The molecule has 0 aliphatic carbocycles. The number of carboxylic acids is 1. The quantitative estimate of drug-likeness (QED) is 0.591. The first-order chi connectivity index (χ1) is 6.07. The molecule has 0 aromatic carbocycles. The molecule has 6 nitrogen and oxygen atoms in total. The lowest BCUT2D eigenvalue weighted by atomic mass is 10.3. The Bertz CT molecular complexity index is 358. The Morgan fingerprint density at radius 3 is 2.77 bits per heavy atom. The minimum Gasteiger partial charge on any atom is -0.482 e. The first kappa shape index (κ1) is 9.46. The van der Waals surface area contributed by atoms with Crippen LogP contribution >= 0.6 is 11.3 Å². The van der Waals surface area contributed by atoms with Crippen molar-refractivity contribution < 1.29 is 19.6 Å². The van der Waals surface area contributed by atoms with Crippen LogP contribution in [0.4, 0.5) is 5.69 Å². The number of thiophene rings is 1. The molecule has 1 rings (SSSR count). The molecule has 0 atom stereocenters. The molecule has 0 amide bonds. The van der Waals surface area contributed by atoms with E-state index in [4.69, 9.17) is 5.11 Å². The standard InChI is InChI=1S/C6H5NO5S/c1-12-6-4(7(10)11)3(2-13-6)5(8)9/h2H,1H3,(H,8,9). The van der Waals surface area contributed by atoms with E-state index in [2.05, 4.69) is 4.74 Å². The van der Waals surface area contributed by atoms with Gasteiger partial charge in [-0.05, 0) is 0 Å². The molecule has 0 aliphatic heterocycles. The Labute approximate surface area is 76.5 Å². The number of hydrogen-bond acceptors (Lipinski definition) is 5. The molecular formula is C6H5NO5S. The van der Waals surface area contributed by atoms with Gasteiger partial charge in [0.1, 0.15) is 0 Å². The number of carbonyl (C=O) groups is 1. The van der Waals surface area contributed by atoms with Crippen molar-refractivity contribution in [3.8, 4) is 5.06 Å². The van der Waals surface area contributed by atoms with Crippen LogP contribution in [0.2, 0.25) is 0 Å². The van der Waals surface area contributed by atoms with Crippen molar-refractivity contribution in [1.82, 2.24) is 0 Å². The van der Waals surface area contributed by atoms with Crippen molar-refractivity contribution in [3.63, 3.8) is 0 Å². The van der Waals surface area contributed by atoms with E-state index in [-0.39, 0.29) is 10.6 Å². The Morgan fingerprint density at radius 2 is 2.38 bits per heavy atom. The molecule has 0 aliphatic rings. The lowest BCUT2D eigenvalue weighted by Crippen LogP contribution is -2.00. The highest BCUT2D eigenvalue weighted by molar-refractivity contribution is 7.12. The van der Waals surface area contributed by atoms with Gasteiger partial charge < -0.3 is 9.84 Å². The summed E-state index contributed by atoms with van der Waals surface area (Å²) in [6.45, 7) is 0. The van der Waals surface area contributed by atoms with E-state index in [1.807, 2.05) is 0 Å². The Morgan fingerprint density at radius 1 is 1.77 bits per heavy atom. The number of ether oxygens (including phenoxy) is 1. The van der Waals surface area contributed by atoms with Crippen LogP contribution < -0.4 is 4.74 Å². The summed E-state index contributed by atoms with van der Waals surface area (Å²) in [7, 11) is 1.25. The van der Waals surface area contributed by atoms with E-state index in [0.717, 1.165) is 11.3 Å². The Balaban J connectivity index is 3.30. The van der Waals surface area contributed by atoms with E-state index >= 15 is 0 Å². The van der Waals surface area contributed by atoms with Gasteiger partial charge in [0.05, 0.1) is 12.0 Å². The van der Waals surface area contributed by atoms with Crippen molar-refractivity contribution in [3.05, 3.63) is 21.1 Å². The average molecular weight is 203 g/mol. The second-order valence-corrected chi connectivity index (χ2v) is 2.89. The third-order valence-corrected chi connectivity index (χ3v) is 2.26. The summed E-state index contributed by atoms with van der Waals surface area (Å²) in [6.07, 6.45) is 0. The SMILES string of the molecule is COc1scc(C(=O)O)c1[N+](=O)[O-]. The van der Waals surface area contributed by atoms with Crippen LogP contribution in [0.1, 0.15) is 10.4 Å². The lowest BCUT2D eigenvalue weighted by molar-refractivity contribution is -0.385. The van der Waals surface area contributed by atoms with Crippen LogP contribution in [0, 0.1) is 10.1 Å². The van der Waals surface area contributed by atoms with Gasteiger partial charge in [-0.25, -0.2) is 4.79 Å². The Kier molecular flexibility index (Phi) is 2.47. The fourth-order valence-electron chi connectivity index (χ4n) is 0.803. The van der Waals surface area contributed by atoms with Crippen LogP contribution in [0.5, 0.6) is 5.06 Å². The highest BCUT2D eigenvalue weighted by Gasteiger charge is 2.27. The van der Waals surface area contributed by atoms with Gasteiger partial charge in [0.2, 0.25) is 0 Å². The summed E-state index contributed by atoms with van der Waals surface area (Å²) in [5, 5.41) is 20.2. The van der Waals surface area contributed by atoms with Crippen molar-refractivity contribution in [2.75, 3.05) is 7.11 Å². The fraction of sp³-hybridized carbons (Fsp3) is 0.167. The third-order valence-electron chi connectivity index (χ3n) is 1.33. The number of rotatable bonds is 3. The zero-order valence-electron chi connectivity index (χ0n) is 6.51. The molecule has 1 aromatic rings. The highest BCUT2D eigenvalue weighted by atomic mass is 32.1. The first-order valence-electron chi connectivity index (χ1n) is 3.11. The second kappa shape index (κ2) is 3.40. The van der Waals surface area contributed by atoms with Crippen LogP contribution in [-0.2, 0) is 0 Å². The predicted octanol–water partition coefficient (Wildman–Crippen LogP) is 1.36. The fourth-order valence-corrected chi connectivity index (χ4v) is 1.63. The molecule has 0 saturated heterocycles. The summed E-state index contributed by atoms with van der Waals surface area (Å²) in [5.74, 6) is -1.33. The molecule has 7 heteroatoms. The predicted molar refractivity (Wildman–Crippen MR) is 44.5 cm³/mol. The molecule has 0 spiro atoms. The molecule has 0 radical (unpaired) electrons. The van der Waals surface area contributed by atoms with Gasteiger partial charge in [0, 0.05) is 5.38 Å². The number of carboxylic acid groups (broad SMARTS) is 1. The zero-order chi connectivity index (χ0) is 10.0. The van der Waals surface area contributed by atoms with Crippen LogP contribution in [0.25, 0.3) is 0 Å². The summed E-state index contributed by atoms with van der Waals surface area (Å²) >= 11 is 0.888. The van der Waals surface area contributed by atoms with Gasteiger partial charge in [-0.2, -0.15) is 0 Å².